The molecule has 208 valence electrons. The Hall–Kier alpha value is -3.67. The van der Waals surface area contributed by atoms with Crippen LogP contribution in [0.4, 0.5) is 33.9 Å². The van der Waals surface area contributed by atoms with E-state index in [2.05, 4.69) is 35.7 Å². The van der Waals surface area contributed by atoms with Crippen LogP contribution in [0.5, 0.6) is 0 Å². The molecule has 1 saturated heterocycles. The van der Waals surface area contributed by atoms with Gasteiger partial charge < -0.3 is 25.2 Å². The summed E-state index contributed by atoms with van der Waals surface area (Å²) in [6, 6.07) is 1.91. The van der Waals surface area contributed by atoms with Crippen molar-refractivity contribution in [3.63, 3.8) is 0 Å². The summed E-state index contributed by atoms with van der Waals surface area (Å²) in [5, 5.41) is 15.8. The number of pyridine rings is 1. The molecule has 3 aromatic heterocycles. The monoisotopic (exact) mass is 554 g/mol. The van der Waals surface area contributed by atoms with E-state index in [9.17, 15) is 4.79 Å². The normalized spacial score (nSPS) is 17.8. The van der Waals surface area contributed by atoms with Gasteiger partial charge >= 0.3 is 6.09 Å². The Labute approximate surface area is 233 Å². The molecule has 1 aliphatic carbocycles. The number of rotatable bonds is 6. The first-order valence-electron chi connectivity index (χ1n) is 13.2. The zero-order valence-electron chi connectivity index (χ0n) is 23.2. The lowest BCUT2D eigenvalue weighted by Crippen LogP contribution is -2.55. The fourth-order valence-corrected chi connectivity index (χ4v) is 4.85. The van der Waals surface area contributed by atoms with Crippen molar-refractivity contribution in [2.75, 3.05) is 35.2 Å². The Morgan fingerprint density at radius 1 is 1.13 bits per heavy atom. The molecule has 12 nitrogen and oxygen atoms in total. The molecule has 1 atom stereocenters. The number of aryl methyl sites for hydroxylation is 2. The van der Waals surface area contributed by atoms with Gasteiger partial charge in [-0.05, 0) is 65.0 Å². The Bertz CT molecular complexity index is 1370. The quantitative estimate of drug-likeness (QED) is 0.440. The van der Waals surface area contributed by atoms with Crippen LogP contribution in [0.3, 0.4) is 0 Å². The minimum Gasteiger partial charge on any atom is -0.444 e. The maximum Gasteiger partial charge on any atom is 0.410 e. The van der Waals surface area contributed by atoms with Crippen molar-refractivity contribution in [2.45, 2.75) is 65.0 Å². The molecule has 0 bridgehead atoms. The summed E-state index contributed by atoms with van der Waals surface area (Å²) in [6.45, 7) is 11.2. The van der Waals surface area contributed by atoms with Crippen LogP contribution in [-0.4, -0.2) is 72.2 Å². The van der Waals surface area contributed by atoms with Gasteiger partial charge in [-0.2, -0.15) is 14.9 Å². The zero-order chi connectivity index (χ0) is 27.9. The molecule has 0 aromatic carbocycles. The number of hydrogen-bond donors (Lipinski definition) is 2. The average Bonchev–Trinajstić information content (AvgIpc) is 3.61. The second-order valence-electron chi connectivity index (χ2n) is 11.1. The highest BCUT2D eigenvalue weighted by Gasteiger charge is 2.32. The standard InChI is InChI=1S/C26H35ClN10O2/c1-15-14-36(9-10-37(15)25(38)39-26(3,4)5)19-12-28-24(33-23(19)31-21-13-29-35(6)34-21)32-20-11-18(17-7-8-17)22(27)16(2)30-20/h11-13,15,17H,7-10,14H2,1-6H3,(H2,28,30,31,32,33,34). The summed E-state index contributed by atoms with van der Waals surface area (Å²) >= 11 is 6.52. The van der Waals surface area contributed by atoms with Crippen molar-refractivity contribution in [2.24, 2.45) is 7.05 Å². The Kier molecular flexibility index (Phi) is 7.23. The molecule has 0 radical (unpaired) electrons. The summed E-state index contributed by atoms with van der Waals surface area (Å²) in [4.78, 5) is 32.1. The molecule has 1 saturated carbocycles. The van der Waals surface area contributed by atoms with Crippen LogP contribution in [0, 0.1) is 6.92 Å². The van der Waals surface area contributed by atoms with Crippen LogP contribution in [0.1, 0.15) is 57.7 Å². The van der Waals surface area contributed by atoms with Crippen molar-refractivity contribution in [1.29, 1.82) is 0 Å². The Balaban J connectivity index is 1.39. The number of anilines is 5. The summed E-state index contributed by atoms with van der Waals surface area (Å²) < 4.78 is 5.60. The van der Waals surface area contributed by atoms with Gasteiger partial charge in [0.15, 0.2) is 11.6 Å². The number of ether oxygens (including phenoxy) is 1. The molecular formula is C26H35ClN10O2. The van der Waals surface area contributed by atoms with Crippen LogP contribution in [-0.2, 0) is 11.8 Å². The second kappa shape index (κ2) is 10.5. The lowest BCUT2D eigenvalue weighted by Gasteiger charge is -2.41. The van der Waals surface area contributed by atoms with Crippen LogP contribution < -0.4 is 15.5 Å². The Morgan fingerprint density at radius 2 is 1.90 bits per heavy atom. The first-order chi connectivity index (χ1) is 18.5. The predicted molar refractivity (Wildman–Crippen MR) is 150 cm³/mol. The maximum atomic E-state index is 12.7. The summed E-state index contributed by atoms with van der Waals surface area (Å²) in [5.74, 6) is 2.65. The number of halogens is 1. The largest absolute Gasteiger partial charge is 0.444 e. The van der Waals surface area contributed by atoms with Gasteiger partial charge in [0.05, 0.1) is 28.8 Å². The fourth-order valence-electron chi connectivity index (χ4n) is 4.60. The second-order valence-corrected chi connectivity index (χ2v) is 11.5. The number of nitrogens with one attached hydrogen (secondary N) is 2. The highest BCUT2D eigenvalue weighted by molar-refractivity contribution is 6.32. The van der Waals surface area contributed by atoms with E-state index < -0.39 is 5.60 Å². The minimum atomic E-state index is -0.546. The SMILES string of the molecule is Cc1nc(Nc2ncc(N3CCN(C(=O)OC(C)(C)C)C(C)C3)c(Nc3cnn(C)n3)n2)cc(C2CC2)c1Cl. The first-order valence-corrected chi connectivity index (χ1v) is 13.5. The van der Waals surface area contributed by atoms with E-state index in [4.69, 9.17) is 21.3 Å². The van der Waals surface area contributed by atoms with E-state index in [0.29, 0.717) is 49.0 Å². The number of carbonyl (C=O) groups excluding carboxylic acids is 1. The zero-order valence-corrected chi connectivity index (χ0v) is 24.0. The lowest BCUT2D eigenvalue weighted by molar-refractivity contribution is 0.0159. The number of carbonyl (C=O) groups is 1. The highest BCUT2D eigenvalue weighted by Crippen LogP contribution is 2.44. The molecule has 4 heterocycles. The summed E-state index contributed by atoms with van der Waals surface area (Å²) in [7, 11) is 1.75. The van der Waals surface area contributed by atoms with E-state index in [1.165, 1.54) is 4.80 Å². The molecule has 39 heavy (non-hydrogen) atoms. The van der Waals surface area contributed by atoms with Crippen LogP contribution in [0.15, 0.2) is 18.5 Å². The number of amides is 1. The van der Waals surface area contributed by atoms with Gasteiger partial charge in [0, 0.05) is 32.7 Å². The highest BCUT2D eigenvalue weighted by atomic mass is 35.5. The van der Waals surface area contributed by atoms with Crippen molar-refractivity contribution < 1.29 is 9.53 Å². The van der Waals surface area contributed by atoms with E-state index >= 15 is 0 Å². The topological polar surface area (TPSA) is 126 Å². The van der Waals surface area contributed by atoms with Gasteiger partial charge in [-0.25, -0.2) is 14.8 Å². The third-order valence-electron chi connectivity index (χ3n) is 6.62. The molecule has 5 rings (SSSR count). The molecule has 1 amide bonds. The van der Waals surface area contributed by atoms with Crippen LogP contribution in [0.2, 0.25) is 5.02 Å². The molecule has 0 spiro atoms. The van der Waals surface area contributed by atoms with Gasteiger partial charge in [0.1, 0.15) is 11.4 Å². The molecule has 3 aromatic rings. The smallest absolute Gasteiger partial charge is 0.410 e. The van der Waals surface area contributed by atoms with Crippen molar-refractivity contribution in [3.05, 3.63) is 34.7 Å². The van der Waals surface area contributed by atoms with Crippen molar-refractivity contribution in [1.82, 2.24) is 34.8 Å². The molecule has 2 N–H and O–H groups in total. The van der Waals surface area contributed by atoms with Gasteiger partial charge in [-0.3, -0.25) is 0 Å². The minimum absolute atomic E-state index is 0.0714. The van der Waals surface area contributed by atoms with E-state index in [1.807, 2.05) is 40.7 Å². The summed E-state index contributed by atoms with van der Waals surface area (Å²) in [5.41, 5.74) is 2.13. The van der Waals surface area contributed by atoms with Crippen LogP contribution in [0.25, 0.3) is 0 Å². The van der Waals surface area contributed by atoms with Gasteiger partial charge in [0.2, 0.25) is 5.95 Å². The third kappa shape index (κ3) is 6.32. The molecule has 1 aliphatic heterocycles. The molecule has 1 unspecified atom stereocenters. The number of piperazine rings is 1. The molecular weight excluding hydrogens is 520 g/mol. The number of hydrogen-bond acceptors (Lipinski definition) is 10. The molecule has 2 fully saturated rings. The average molecular weight is 555 g/mol. The predicted octanol–water partition coefficient (Wildman–Crippen LogP) is 4.77. The summed E-state index contributed by atoms with van der Waals surface area (Å²) in [6.07, 6.45) is 5.38. The Morgan fingerprint density at radius 3 is 2.54 bits per heavy atom. The lowest BCUT2D eigenvalue weighted by atomic mass is 10.1. The van der Waals surface area contributed by atoms with Gasteiger partial charge in [-0.1, -0.05) is 11.6 Å². The number of aromatic nitrogens is 6. The molecule has 2 aliphatic rings. The van der Waals surface area contributed by atoms with Gasteiger partial charge in [-0.15, -0.1) is 5.10 Å². The van der Waals surface area contributed by atoms with E-state index in [0.717, 1.165) is 34.8 Å². The number of nitrogens with zero attached hydrogens (tertiary/aromatic N) is 8. The van der Waals surface area contributed by atoms with E-state index in [1.54, 1.807) is 24.3 Å². The third-order valence-corrected chi connectivity index (χ3v) is 7.11. The van der Waals surface area contributed by atoms with Gasteiger partial charge in [0.25, 0.3) is 0 Å². The van der Waals surface area contributed by atoms with Crippen molar-refractivity contribution in [3.8, 4) is 0 Å². The van der Waals surface area contributed by atoms with E-state index in [-0.39, 0.29) is 12.1 Å². The maximum absolute atomic E-state index is 12.7. The van der Waals surface area contributed by atoms with Crippen LogP contribution >= 0.6 is 11.6 Å². The first kappa shape index (κ1) is 26.9. The molecule has 13 heteroatoms. The fraction of sp³-hybridized carbons (Fsp3) is 0.538. The van der Waals surface area contributed by atoms with Crippen molar-refractivity contribution >= 4 is 46.8 Å².